The molecule has 0 aliphatic carbocycles. The van der Waals surface area contributed by atoms with Crippen LogP contribution in [-0.2, 0) is 23.9 Å². The number of methoxy groups -OCH3 is 1. The first-order chi connectivity index (χ1) is 19.7. The third-order valence-electron chi connectivity index (χ3n) is 6.73. The van der Waals surface area contributed by atoms with Gasteiger partial charge in [0.1, 0.15) is 16.8 Å². The number of para-hydroxylation sites is 1. The van der Waals surface area contributed by atoms with Gasteiger partial charge in [-0.15, -0.1) is 0 Å². The number of carbonyl (C=O) groups is 3. The van der Waals surface area contributed by atoms with Crippen molar-refractivity contribution < 1.29 is 28.6 Å². The zero-order valence-corrected chi connectivity index (χ0v) is 25.1. The molecule has 1 aromatic heterocycles. The van der Waals surface area contributed by atoms with Crippen LogP contribution in [0.3, 0.4) is 0 Å². The summed E-state index contributed by atoms with van der Waals surface area (Å²) in [5.41, 5.74) is 1.95. The summed E-state index contributed by atoms with van der Waals surface area (Å²) in [5.74, 6) is -1.06. The van der Waals surface area contributed by atoms with Gasteiger partial charge in [-0.25, -0.2) is 9.79 Å². The molecule has 0 N–H and O–H groups in total. The van der Waals surface area contributed by atoms with Gasteiger partial charge in [-0.2, -0.15) is 0 Å². The zero-order chi connectivity index (χ0) is 29.4. The van der Waals surface area contributed by atoms with Crippen molar-refractivity contribution in [2.24, 2.45) is 4.99 Å². The monoisotopic (exact) mass is 639 g/mol. The molecule has 3 aromatic rings. The molecule has 12 heteroatoms. The van der Waals surface area contributed by atoms with Crippen LogP contribution < -0.4 is 24.5 Å². The normalized spacial score (nSPS) is 17.1. The van der Waals surface area contributed by atoms with Crippen LogP contribution in [0.25, 0.3) is 5.57 Å². The maximum absolute atomic E-state index is 14.2. The molecular weight excluding hydrogens is 614 g/mol. The molecule has 41 heavy (non-hydrogen) atoms. The summed E-state index contributed by atoms with van der Waals surface area (Å²) in [6.07, 6.45) is 0. The lowest BCUT2D eigenvalue weighted by Gasteiger charge is -2.25. The second kappa shape index (κ2) is 11.5. The van der Waals surface area contributed by atoms with Gasteiger partial charge in [0.05, 0.1) is 53.4 Å². The molecule has 0 unspecified atom stereocenters. The summed E-state index contributed by atoms with van der Waals surface area (Å²) in [5, 5.41) is 0. The Morgan fingerprint density at radius 1 is 1.07 bits per heavy atom. The van der Waals surface area contributed by atoms with E-state index >= 15 is 0 Å². The Morgan fingerprint density at radius 2 is 1.80 bits per heavy atom. The number of amides is 1. The maximum Gasteiger partial charge on any atom is 0.338 e. The van der Waals surface area contributed by atoms with Crippen molar-refractivity contribution in [2.75, 3.05) is 31.8 Å². The minimum absolute atomic E-state index is 0.144. The van der Waals surface area contributed by atoms with E-state index in [2.05, 4.69) is 20.9 Å². The van der Waals surface area contributed by atoms with Crippen LogP contribution in [0.15, 0.2) is 68.0 Å². The van der Waals surface area contributed by atoms with Gasteiger partial charge in [0, 0.05) is 5.56 Å². The number of hydrogen-bond donors (Lipinski definition) is 0. The van der Waals surface area contributed by atoms with Crippen molar-refractivity contribution in [3.63, 3.8) is 0 Å². The van der Waals surface area contributed by atoms with E-state index in [9.17, 15) is 19.2 Å². The van der Waals surface area contributed by atoms with E-state index in [1.807, 2.05) is 0 Å². The van der Waals surface area contributed by atoms with Crippen LogP contribution in [0.4, 0.5) is 5.69 Å². The van der Waals surface area contributed by atoms with E-state index in [0.717, 1.165) is 11.3 Å². The Labute approximate surface area is 247 Å². The first-order valence-corrected chi connectivity index (χ1v) is 14.4. The fourth-order valence-electron chi connectivity index (χ4n) is 5.00. The molecule has 2 aliphatic heterocycles. The minimum Gasteiger partial charge on any atom is -0.496 e. The summed E-state index contributed by atoms with van der Waals surface area (Å²) in [6.45, 7) is 5.11. The van der Waals surface area contributed by atoms with E-state index in [1.165, 1.54) is 9.47 Å². The van der Waals surface area contributed by atoms with Gasteiger partial charge in [-0.1, -0.05) is 35.6 Å². The number of ether oxygens (including phenoxy) is 3. The first kappa shape index (κ1) is 28.5. The third kappa shape index (κ3) is 4.91. The van der Waals surface area contributed by atoms with Crippen molar-refractivity contribution in [3.05, 3.63) is 89.0 Å². The zero-order valence-electron chi connectivity index (χ0n) is 22.7. The number of benzene rings is 2. The second-order valence-electron chi connectivity index (χ2n) is 9.11. The molecule has 0 saturated heterocycles. The molecule has 0 saturated carbocycles. The standard InChI is InChI=1S/C29H26BrN3O7S/c1-5-39-21(34)14-32-19-10-8-7-9-17(19)23(26(32)35)25-27(36)33-24(16-11-12-20(38-4)18(30)13-16)22(28(37)40-6-2)15(3)31-29(33)41-25/h7-13,24H,5-6,14H2,1-4H3/b25-23+/t24-/m0/s1. The van der Waals surface area contributed by atoms with Gasteiger partial charge in [0.2, 0.25) is 0 Å². The molecule has 2 aromatic carbocycles. The van der Waals surface area contributed by atoms with Crippen LogP contribution in [0.2, 0.25) is 0 Å². The van der Waals surface area contributed by atoms with Crippen LogP contribution in [0.1, 0.15) is 37.9 Å². The Balaban J connectivity index is 1.76. The number of rotatable bonds is 7. The largest absolute Gasteiger partial charge is 0.496 e. The number of nitrogens with zero attached hydrogens (tertiary/aromatic N) is 3. The number of carbonyl (C=O) groups excluding carboxylic acids is 3. The maximum atomic E-state index is 14.2. The predicted molar refractivity (Wildman–Crippen MR) is 155 cm³/mol. The minimum atomic E-state index is -0.871. The predicted octanol–water partition coefficient (Wildman–Crippen LogP) is 2.85. The lowest BCUT2D eigenvalue weighted by molar-refractivity contribution is -0.142. The van der Waals surface area contributed by atoms with E-state index in [-0.39, 0.29) is 35.4 Å². The fraction of sp³-hybridized carbons (Fsp3) is 0.276. The Hall–Kier alpha value is -4.03. The number of esters is 2. The Morgan fingerprint density at radius 3 is 2.49 bits per heavy atom. The average Bonchev–Trinajstić information content (AvgIpc) is 3.40. The number of halogens is 1. The van der Waals surface area contributed by atoms with Crippen LogP contribution in [-0.4, -0.2) is 49.3 Å². The number of fused-ring (bicyclic) bond motifs is 2. The number of aromatic nitrogens is 1. The SMILES string of the molecule is CCOC(=O)CN1C(=O)/C(=c2/sc3n(c2=O)[C@@H](c2ccc(OC)c(Br)c2)C(C(=O)OCC)=C(C)N=3)c2ccccc21. The molecule has 1 amide bonds. The van der Waals surface area contributed by atoms with Gasteiger partial charge in [-0.05, 0) is 60.5 Å². The average molecular weight is 641 g/mol. The van der Waals surface area contributed by atoms with E-state index in [4.69, 9.17) is 14.2 Å². The molecule has 212 valence electrons. The van der Waals surface area contributed by atoms with Gasteiger partial charge in [-0.3, -0.25) is 23.9 Å². The van der Waals surface area contributed by atoms with E-state index in [0.29, 0.717) is 37.5 Å². The molecule has 10 nitrogen and oxygen atoms in total. The molecule has 0 spiro atoms. The topological polar surface area (TPSA) is 116 Å². The third-order valence-corrected chi connectivity index (χ3v) is 8.40. The quantitative estimate of drug-likeness (QED) is 0.365. The number of thiazole rings is 1. The first-order valence-electron chi connectivity index (χ1n) is 12.8. The van der Waals surface area contributed by atoms with Crippen LogP contribution in [0.5, 0.6) is 5.75 Å². The van der Waals surface area contributed by atoms with Crippen LogP contribution >= 0.6 is 27.3 Å². The summed E-state index contributed by atoms with van der Waals surface area (Å²) < 4.78 is 18.0. The van der Waals surface area contributed by atoms with Crippen LogP contribution in [0, 0.1) is 0 Å². The lowest BCUT2D eigenvalue weighted by Crippen LogP contribution is -2.41. The highest BCUT2D eigenvalue weighted by molar-refractivity contribution is 9.10. The molecular formula is C29H26BrN3O7S. The molecule has 3 heterocycles. The molecule has 2 aliphatic rings. The highest BCUT2D eigenvalue weighted by Crippen LogP contribution is 2.37. The molecule has 5 rings (SSSR count). The summed E-state index contributed by atoms with van der Waals surface area (Å²) in [6, 6.07) is 11.4. The van der Waals surface area contributed by atoms with Crippen molar-refractivity contribution in [1.29, 1.82) is 0 Å². The highest BCUT2D eigenvalue weighted by Gasteiger charge is 2.38. The smallest absolute Gasteiger partial charge is 0.338 e. The van der Waals surface area contributed by atoms with E-state index < -0.39 is 29.4 Å². The van der Waals surface area contributed by atoms with E-state index in [1.54, 1.807) is 70.3 Å². The lowest BCUT2D eigenvalue weighted by atomic mass is 9.96. The van der Waals surface area contributed by atoms with Crippen molar-refractivity contribution in [3.8, 4) is 5.75 Å². The Kier molecular flexibility index (Phi) is 7.96. The second-order valence-corrected chi connectivity index (χ2v) is 10.9. The number of hydrogen-bond acceptors (Lipinski definition) is 9. The summed E-state index contributed by atoms with van der Waals surface area (Å²) in [4.78, 5) is 59.8. The van der Waals surface area contributed by atoms with Crippen molar-refractivity contribution in [1.82, 2.24) is 4.57 Å². The van der Waals surface area contributed by atoms with Gasteiger partial charge < -0.3 is 14.2 Å². The van der Waals surface area contributed by atoms with Crippen molar-refractivity contribution >= 4 is 56.4 Å². The van der Waals surface area contributed by atoms with Gasteiger partial charge in [0.25, 0.3) is 11.5 Å². The molecule has 1 atom stereocenters. The molecule has 0 fully saturated rings. The fourth-order valence-corrected chi connectivity index (χ4v) is 6.70. The molecule has 0 radical (unpaired) electrons. The van der Waals surface area contributed by atoms with Gasteiger partial charge in [0.15, 0.2) is 4.80 Å². The Bertz CT molecular complexity index is 1810. The number of allylic oxidation sites excluding steroid dienone is 1. The van der Waals surface area contributed by atoms with Gasteiger partial charge >= 0.3 is 11.9 Å². The highest BCUT2D eigenvalue weighted by atomic mass is 79.9. The summed E-state index contributed by atoms with van der Waals surface area (Å²) >= 11 is 4.56. The van der Waals surface area contributed by atoms with Crippen molar-refractivity contribution in [2.45, 2.75) is 26.8 Å². The number of anilines is 1. The summed E-state index contributed by atoms with van der Waals surface area (Å²) in [7, 11) is 1.54. The molecule has 0 bridgehead atoms.